The topological polar surface area (TPSA) is 94.4 Å². The van der Waals surface area contributed by atoms with Gasteiger partial charge in [0.05, 0.1) is 27.7 Å². The van der Waals surface area contributed by atoms with Gasteiger partial charge >= 0.3 is 11.7 Å². The Labute approximate surface area is 136 Å². The maximum Gasteiger partial charge on any atom is 0.311 e. The molecule has 1 aliphatic rings. The summed E-state index contributed by atoms with van der Waals surface area (Å²) in [7, 11) is 0. The van der Waals surface area contributed by atoms with Crippen molar-refractivity contribution in [2.75, 3.05) is 11.9 Å². The highest BCUT2D eigenvalue weighted by atomic mass is 32.1. The summed E-state index contributed by atoms with van der Waals surface area (Å²) in [5.41, 5.74) is 1.21. The number of thiophene rings is 1. The molecule has 1 fully saturated rings. The minimum absolute atomic E-state index is 0.0239. The molecule has 0 bridgehead atoms. The number of ether oxygens (including phenoxy) is 1. The zero-order valence-corrected chi connectivity index (χ0v) is 13.5. The van der Waals surface area contributed by atoms with Crippen LogP contribution in [0, 0.1) is 16.0 Å². The average Bonchev–Trinajstić information content (AvgIpc) is 3.16. The number of anilines is 1. The van der Waals surface area contributed by atoms with E-state index in [4.69, 9.17) is 4.74 Å². The fraction of sp³-hybridized carbons (Fsp3) is 0.467. The zero-order chi connectivity index (χ0) is 16.4. The molecule has 2 heterocycles. The summed E-state index contributed by atoms with van der Waals surface area (Å²) >= 11 is 1.42. The van der Waals surface area contributed by atoms with Crippen LogP contribution in [0.4, 0.5) is 11.4 Å². The van der Waals surface area contributed by atoms with E-state index in [1.54, 1.807) is 6.92 Å². The Morgan fingerprint density at radius 1 is 1.57 bits per heavy atom. The minimum Gasteiger partial charge on any atom is -0.466 e. The molecule has 2 aromatic heterocycles. The summed E-state index contributed by atoms with van der Waals surface area (Å²) in [6.45, 7) is 2.16. The SMILES string of the molecule is CCOC(=O)[C@@H]1CC[C@H](Nc2c([N+](=O)[O-])cnc3ccsc23)C1. The average molecular weight is 335 g/mol. The van der Waals surface area contributed by atoms with Gasteiger partial charge in [-0.05, 0) is 37.6 Å². The molecule has 122 valence electrons. The Kier molecular flexibility index (Phi) is 4.42. The second-order valence-electron chi connectivity index (χ2n) is 5.51. The van der Waals surface area contributed by atoms with Crippen molar-refractivity contribution in [3.63, 3.8) is 0 Å². The molecule has 23 heavy (non-hydrogen) atoms. The van der Waals surface area contributed by atoms with Crippen molar-refractivity contribution >= 4 is 38.9 Å². The van der Waals surface area contributed by atoms with E-state index in [0.717, 1.165) is 23.1 Å². The van der Waals surface area contributed by atoms with Gasteiger partial charge in [0.25, 0.3) is 0 Å². The first-order valence-electron chi connectivity index (χ1n) is 7.54. The van der Waals surface area contributed by atoms with Gasteiger partial charge in [-0.3, -0.25) is 14.9 Å². The molecule has 1 aliphatic carbocycles. The summed E-state index contributed by atoms with van der Waals surface area (Å²) < 4.78 is 5.84. The normalized spacial score (nSPS) is 20.6. The molecule has 7 nitrogen and oxygen atoms in total. The number of rotatable bonds is 5. The lowest BCUT2D eigenvalue weighted by atomic mass is 10.1. The van der Waals surface area contributed by atoms with Gasteiger partial charge in [0.15, 0.2) is 0 Å². The van der Waals surface area contributed by atoms with E-state index >= 15 is 0 Å². The molecule has 0 aliphatic heterocycles. The molecular formula is C15H17N3O4S. The highest BCUT2D eigenvalue weighted by Gasteiger charge is 2.32. The summed E-state index contributed by atoms with van der Waals surface area (Å²) in [5.74, 6) is -0.311. The molecule has 1 N–H and O–H groups in total. The quantitative estimate of drug-likeness (QED) is 0.511. The second kappa shape index (κ2) is 6.49. The van der Waals surface area contributed by atoms with Crippen molar-refractivity contribution in [1.82, 2.24) is 4.98 Å². The highest BCUT2D eigenvalue weighted by molar-refractivity contribution is 7.17. The molecule has 0 amide bonds. The number of hydrogen-bond donors (Lipinski definition) is 1. The number of nitro groups is 1. The van der Waals surface area contributed by atoms with Crippen LogP contribution in [0.1, 0.15) is 26.2 Å². The molecular weight excluding hydrogens is 318 g/mol. The van der Waals surface area contributed by atoms with Crippen molar-refractivity contribution in [3.05, 3.63) is 27.8 Å². The van der Waals surface area contributed by atoms with Gasteiger partial charge in [0.2, 0.25) is 0 Å². The third kappa shape index (κ3) is 3.12. The fourth-order valence-corrected chi connectivity index (χ4v) is 3.83. The van der Waals surface area contributed by atoms with Gasteiger partial charge in [-0.15, -0.1) is 11.3 Å². The lowest BCUT2D eigenvalue weighted by molar-refractivity contribution is -0.384. The number of aromatic nitrogens is 1. The second-order valence-corrected chi connectivity index (χ2v) is 6.43. The number of carbonyl (C=O) groups is 1. The number of fused-ring (bicyclic) bond motifs is 1. The molecule has 0 saturated heterocycles. The molecule has 2 atom stereocenters. The van der Waals surface area contributed by atoms with Crippen LogP contribution in [0.5, 0.6) is 0 Å². The van der Waals surface area contributed by atoms with E-state index in [1.165, 1.54) is 17.5 Å². The van der Waals surface area contributed by atoms with Gasteiger partial charge < -0.3 is 10.1 Å². The monoisotopic (exact) mass is 335 g/mol. The van der Waals surface area contributed by atoms with Crippen molar-refractivity contribution in [2.24, 2.45) is 5.92 Å². The Morgan fingerprint density at radius 3 is 3.13 bits per heavy atom. The van der Waals surface area contributed by atoms with Crippen molar-refractivity contribution in [2.45, 2.75) is 32.2 Å². The number of carbonyl (C=O) groups excluding carboxylic acids is 1. The fourth-order valence-electron chi connectivity index (χ4n) is 2.97. The molecule has 0 aromatic carbocycles. The Morgan fingerprint density at radius 2 is 2.39 bits per heavy atom. The number of esters is 1. The standard InChI is InChI=1S/C15H17N3O4S/c1-2-22-15(19)9-3-4-10(7-9)17-13-12(18(20)21)8-16-11-5-6-23-14(11)13/h5-6,8-10H,2-4,7H2,1H3,(H,16,17)/t9-,10+/m1/s1. The summed E-state index contributed by atoms with van der Waals surface area (Å²) in [6, 6.07) is 1.86. The highest BCUT2D eigenvalue weighted by Crippen LogP contribution is 2.38. The van der Waals surface area contributed by atoms with Gasteiger partial charge in [0, 0.05) is 6.04 Å². The Bertz CT molecular complexity index is 745. The molecule has 0 unspecified atom stereocenters. The van der Waals surface area contributed by atoms with E-state index in [-0.39, 0.29) is 23.6 Å². The van der Waals surface area contributed by atoms with E-state index in [1.807, 2.05) is 11.4 Å². The smallest absolute Gasteiger partial charge is 0.311 e. The molecule has 1 saturated carbocycles. The van der Waals surface area contributed by atoms with Crippen LogP contribution in [0.15, 0.2) is 17.6 Å². The molecule has 8 heteroatoms. The maximum absolute atomic E-state index is 11.8. The molecule has 2 aromatic rings. The van der Waals surface area contributed by atoms with Crippen LogP contribution >= 0.6 is 11.3 Å². The van der Waals surface area contributed by atoms with Crippen molar-refractivity contribution < 1.29 is 14.5 Å². The van der Waals surface area contributed by atoms with Crippen molar-refractivity contribution in [1.29, 1.82) is 0 Å². The van der Waals surface area contributed by atoms with E-state index in [0.29, 0.717) is 18.7 Å². The van der Waals surface area contributed by atoms with E-state index < -0.39 is 4.92 Å². The van der Waals surface area contributed by atoms with Gasteiger partial charge in [0.1, 0.15) is 11.9 Å². The van der Waals surface area contributed by atoms with Crippen LogP contribution < -0.4 is 5.32 Å². The third-order valence-electron chi connectivity index (χ3n) is 4.05. The van der Waals surface area contributed by atoms with Crippen LogP contribution in [-0.2, 0) is 9.53 Å². The first kappa shape index (κ1) is 15.7. The largest absolute Gasteiger partial charge is 0.466 e. The van der Waals surface area contributed by atoms with Crippen molar-refractivity contribution in [3.8, 4) is 0 Å². The zero-order valence-electron chi connectivity index (χ0n) is 12.7. The Hall–Kier alpha value is -2.22. The van der Waals surface area contributed by atoms with Crippen LogP contribution in [0.25, 0.3) is 10.2 Å². The van der Waals surface area contributed by atoms with Crippen LogP contribution in [0.3, 0.4) is 0 Å². The number of nitrogens with zero attached hydrogens (tertiary/aromatic N) is 2. The lowest BCUT2D eigenvalue weighted by Crippen LogP contribution is -2.20. The maximum atomic E-state index is 11.8. The van der Waals surface area contributed by atoms with Crippen LogP contribution in [0.2, 0.25) is 0 Å². The predicted molar refractivity (Wildman–Crippen MR) is 87.7 cm³/mol. The number of hydrogen-bond acceptors (Lipinski definition) is 7. The first-order valence-corrected chi connectivity index (χ1v) is 8.42. The summed E-state index contributed by atoms with van der Waals surface area (Å²) in [6.07, 6.45) is 3.44. The van der Waals surface area contributed by atoms with Gasteiger partial charge in [-0.1, -0.05) is 0 Å². The lowest BCUT2D eigenvalue weighted by Gasteiger charge is -2.15. The van der Waals surface area contributed by atoms with E-state index in [9.17, 15) is 14.9 Å². The summed E-state index contributed by atoms with van der Waals surface area (Å²) in [5, 5.41) is 16.4. The molecule has 0 spiro atoms. The van der Waals surface area contributed by atoms with Crippen LogP contribution in [-0.4, -0.2) is 28.5 Å². The Balaban J connectivity index is 1.82. The third-order valence-corrected chi connectivity index (χ3v) is 4.97. The summed E-state index contributed by atoms with van der Waals surface area (Å²) in [4.78, 5) is 26.8. The van der Waals surface area contributed by atoms with E-state index in [2.05, 4.69) is 10.3 Å². The molecule has 3 rings (SSSR count). The minimum atomic E-state index is -0.424. The first-order chi connectivity index (χ1) is 11.1. The number of nitrogens with one attached hydrogen (secondary N) is 1. The van der Waals surface area contributed by atoms with Gasteiger partial charge in [-0.25, -0.2) is 4.98 Å². The predicted octanol–water partition coefficient (Wildman–Crippen LogP) is 3.35. The van der Waals surface area contributed by atoms with Gasteiger partial charge in [-0.2, -0.15) is 0 Å². The number of pyridine rings is 1. The molecule has 0 radical (unpaired) electrons.